The number of thiazole rings is 1. The van der Waals surface area contributed by atoms with Gasteiger partial charge in [0.1, 0.15) is 22.5 Å². The van der Waals surface area contributed by atoms with Crippen molar-refractivity contribution in [1.82, 2.24) is 19.9 Å². The van der Waals surface area contributed by atoms with Crippen LogP contribution in [-0.2, 0) is 6.42 Å². The first-order valence-corrected chi connectivity index (χ1v) is 7.68. The lowest BCUT2D eigenvalue weighted by atomic mass is 10.3. The van der Waals surface area contributed by atoms with Crippen LogP contribution in [0.15, 0.2) is 35.8 Å². The van der Waals surface area contributed by atoms with Crippen LogP contribution in [0.1, 0.15) is 12.7 Å². The Morgan fingerprint density at radius 2 is 2.10 bits per heavy atom. The van der Waals surface area contributed by atoms with Crippen LogP contribution in [0.25, 0.3) is 11.4 Å². The summed E-state index contributed by atoms with van der Waals surface area (Å²) in [6, 6.07) is 7.43. The van der Waals surface area contributed by atoms with Gasteiger partial charge in [-0.1, -0.05) is 24.6 Å². The molecule has 0 aliphatic heterocycles. The van der Waals surface area contributed by atoms with Gasteiger partial charge in [0.05, 0.1) is 5.69 Å². The summed E-state index contributed by atoms with van der Waals surface area (Å²) in [6.07, 6.45) is 2.48. The van der Waals surface area contributed by atoms with Crippen molar-refractivity contribution in [3.05, 3.63) is 46.8 Å². The minimum Gasteiger partial charge on any atom is -0.316 e. The van der Waals surface area contributed by atoms with Crippen molar-refractivity contribution in [2.24, 2.45) is 0 Å². The average Bonchev–Trinajstić information content (AvgIpc) is 2.96. The van der Waals surface area contributed by atoms with Gasteiger partial charge in [-0.05, 0) is 12.1 Å². The highest BCUT2D eigenvalue weighted by molar-refractivity contribution is 7.14. The number of hydrogen-bond acceptors (Lipinski definition) is 6. The van der Waals surface area contributed by atoms with Gasteiger partial charge in [-0.3, -0.25) is 4.98 Å². The predicted molar refractivity (Wildman–Crippen MR) is 85.0 cm³/mol. The van der Waals surface area contributed by atoms with Crippen LogP contribution in [0.4, 0.5) is 10.9 Å². The molecule has 0 aromatic carbocycles. The molecule has 106 valence electrons. The first-order chi connectivity index (χ1) is 10.2. The molecule has 0 fully saturated rings. The summed E-state index contributed by atoms with van der Waals surface area (Å²) < 4.78 is 0. The number of rotatable bonds is 4. The van der Waals surface area contributed by atoms with Gasteiger partial charge in [-0.25, -0.2) is 15.0 Å². The number of anilines is 2. The zero-order valence-electron chi connectivity index (χ0n) is 11.2. The average molecular weight is 318 g/mol. The number of hydrogen-bond donors (Lipinski definition) is 1. The summed E-state index contributed by atoms with van der Waals surface area (Å²) in [7, 11) is 0. The number of aryl methyl sites for hydroxylation is 1. The Morgan fingerprint density at radius 1 is 1.19 bits per heavy atom. The van der Waals surface area contributed by atoms with Gasteiger partial charge < -0.3 is 5.32 Å². The topological polar surface area (TPSA) is 63.6 Å². The summed E-state index contributed by atoms with van der Waals surface area (Å²) in [5.74, 6) is 1.35. The van der Waals surface area contributed by atoms with E-state index in [-0.39, 0.29) is 0 Å². The molecule has 5 nitrogen and oxygen atoms in total. The Bertz CT molecular complexity index is 744. The number of nitrogens with zero attached hydrogens (tertiary/aromatic N) is 4. The maximum absolute atomic E-state index is 5.98. The second kappa shape index (κ2) is 6.15. The molecule has 0 atom stereocenters. The summed E-state index contributed by atoms with van der Waals surface area (Å²) in [4.78, 5) is 17.3. The molecule has 0 saturated heterocycles. The highest BCUT2D eigenvalue weighted by atomic mass is 35.5. The predicted octanol–water partition coefficient (Wildman–Crippen LogP) is 3.95. The van der Waals surface area contributed by atoms with Crippen molar-refractivity contribution in [3.8, 4) is 11.4 Å². The van der Waals surface area contributed by atoms with Gasteiger partial charge in [0.15, 0.2) is 5.13 Å². The maximum Gasteiger partial charge on any atom is 0.188 e. The minimum absolute atomic E-state index is 0.422. The van der Waals surface area contributed by atoms with Crippen LogP contribution in [0.3, 0.4) is 0 Å². The molecule has 0 saturated carbocycles. The van der Waals surface area contributed by atoms with Gasteiger partial charge >= 0.3 is 0 Å². The number of nitrogens with one attached hydrogen (secondary N) is 1. The highest BCUT2D eigenvalue weighted by Gasteiger charge is 2.07. The summed E-state index contributed by atoms with van der Waals surface area (Å²) in [5, 5.41) is 6.27. The lowest BCUT2D eigenvalue weighted by Gasteiger charge is -2.04. The van der Waals surface area contributed by atoms with E-state index in [2.05, 4.69) is 25.3 Å². The van der Waals surface area contributed by atoms with Crippen LogP contribution in [0.5, 0.6) is 0 Å². The number of halogens is 1. The molecule has 0 spiro atoms. The second-order valence-electron chi connectivity index (χ2n) is 4.22. The van der Waals surface area contributed by atoms with Crippen LogP contribution in [0, 0.1) is 0 Å². The fourth-order valence-electron chi connectivity index (χ4n) is 1.76. The zero-order valence-corrected chi connectivity index (χ0v) is 12.8. The van der Waals surface area contributed by atoms with Gasteiger partial charge in [0, 0.05) is 24.1 Å². The van der Waals surface area contributed by atoms with Gasteiger partial charge in [-0.2, -0.15) is 0 Å². The maximum atomic E-state index is 5.98. The third-order valence-corrected chi connectivity index (χ3v) is 3.68. The van der Waals surface area contributed by atoms with Crippen molar-refractivity contribution in [2.45, 2.75) is 13.3 Å². The van der Waals surface area contributed by atoms with Crippen molar-refractivity contribution in [2.75, 3.05) is 5.32 Å². The van der Waals surface area contributed by atoms with E-state index < -0.39 is 0 Å². The lowest BCUT2D eigenvalue weighted by molar-refractivity contribution is 0.943. The molecule has 0 aliphatic carbocycles. The first kappa shape index (κ1) is 13.9. The van der Waals surface area contributed by atoms with Gasteiger partial charge in [-0.15, -0.1) is 11.3 Å². The van der Waals surface area contributed by atoms with E-state index in [0.717, 1.165) is 22.9 Å². The Hall–Kier alpha value is -2.05. The van der Waals surface area contributed by atoms with E-state index >= 15 is 0 Å². The van der Waals surface area contributed by atoms with Crippen molar-refractivity contribution >= 4 is 33.9 Å². The van der Waals surface area contributed by atoms with Crippen LogP contribution in [-0.4, -0.2) is 19.9 Å². The fraction of sp³-hybridized carbons (Fsp3) is 0.143. The molecule has 3 heterocycles. The Morgan fingerprint density at radius 3 is 2.86 bits per heavy atom. The standard InChI is InChI=1S/C14H12ClN5S/c1-2-12-18-11(15)7-13(19-12)20-14-17-10(8-21-14)9-5-3-4-6-16-9/h3-8H,2H2,1H3,(H,17,18,19,20). The van der Waals surface area contributed by atoms with Crippen LogP contribution < -0.4 is 5.32 Å². The molecule has 0 amide bonds. The smallest absolute Gasteiger partial charge is 0.188 e. The molecule has 3 aromatic rings. The third-order valence-electron chi connectivity index (χ3n) is 2.72. The van der Waals surface area contributed by atoms with E-state index in [1.165, 1.54) is 11.3 Å². The normalized spacial score (nSPS) is 10.6. The summed E-state index contributed by atoms with van der Waals surface area (Å²) >= 11 is 7.47. The Labute approximate surface area is 131 Å². The molecule has 1 N–H and O–H groups in total. The number of pyridine rings is 1. The molecule has 21 heavy (non-hydrogen) atoms. The van der Waals surface area contributed by atoms with Crippen LogP contribution in [0.2, 0.25) is 5.15 Å². The molecule has 7 heteroatoms. The van der Waals surface area contributed by atoms with Crippen molar-refractivity contribution in [1.29, 1.82) is 0 Å². The molecular formula is C14H12ClN5S. The number of aromatic nitrogens is 4. The Kier molecular flexibility index (Phi) is 4.08. The molecule has 0 radical (unpaired) electrons. The summed E-state index contributed by atoms with van der Waals surface area (Å²) in [6.45, 7) is 1.98. The SMILES string of the molecule is CCc1nc(Cl)cc(Nc2nc(-c3ccccn3)cs2)n1. The molecule has 0 unspecified atom stereocenters. The van der Waals surface area contributed by atoms with E-state index in [4.69, 9.17) is 11.6 Å². The third kappa shape index (κ3) is 3.34. The monoisotopic (exact) mass is 317 g/mol. The molecule has 0 aliphatic rings. The molecule has 3 rings (SSSR count). The zero-order chi connectivity index (χ0) is 14.7. The van der Waals surface area contributed by atoms with Gasteiger partial charge in [0.2, 0.25) is 0 Å². The largest absolute Gasteiger partial charge is 0.316 e. The lowest BCUT2D eigenvalue weighted by Crippen LogP contribution is -1.99. The van der Waals surface area contributed by atoms with Gasteiger partial charge in [0.25, 0.3) is 0 Å². The van der Waals surface area contributed by atoms with E-state index in [1.807, 2.05) is 30.5 Å². The van der Waals surface area contributed by atoms with E-state index in [1.54, 1.807) is 12.3 Å². The Balaban J connectivity index is 1.83. The highest BCUT2D eigenvalue weighted by Crippen LogP contribution is 2.25. The quantitative estimate of drug-likeness (QED) is 0.738. The molecule has 3 aromatic heterocycles. The van der Waals surface area contributed by atoms with Crippen molar-refractivity contribution < 1.29 is 0 Å². The summed E-state index contributed by atoms with van der Waals surface area (Å²) in [5.41, 5.74) is 1.68. The van der Waals surface area contributed by atoms with Crippen molar-refractivity contribution in [3.63, 3.8) is 0 Å². The molecular weight excluding hydrogens is 306 g/mol. The fourth-order valence-corrected chi connectivity index (χ4v) is 2.67. The molecule has 0 bridgehead atoms. The van der Waals surface area contributed by atoms with Crippen LogP contribution >= 0.6 is 22.9 Å². The minimum atomic E-state index is 0.422. The second-order valence-corrected chi connectivity index (χ2v) is 5.47. The first-order valence-electron chi connectivity index (χ1n) is 6.42. The van der Waals surface area contributed by atoms with E-state index in [0.29, 0.717) is 16.8 Å². The van der Waals surface area contributed by atoms with E-state index in [9.17, 15) is 0 Å².